The number of rotatable bonds is 4. The standard InChI is InChI=1S/C31H27N3O/c1-3-34(4-2)24-11-5-19(6-12-24)29-27-13-7-20-17-22(32)9-15-25(20)30(27)35-31-26-16-10-23(33)18-21(26)8-14-28(29)31/h5-18,32H,3-4,33H2,1-2H3. The van der Waals surface area contributed by atoms with Gasteiger partial charge in [0.05, 0.1) is 5.36 Å². The molecule has 0 fully saturated rings. The quantitative estimate of drug-likeness (QED) is 0.164. The van der Waals surface area contributed by atoms with Gasteiger partial charge in [-0.2, -0.15) is 0 Å². The zero-order chi connectivity index (χ0) is 24.1. The Labute approximate surface area is 203 Å². The molecule has 0 radical (unpaired) electrons. The third kappa shape index (κ3) is 3.41. The first-order chi connectivity index (χ1) is 17.1. The first kappa shape index (κ1) is 21.2. The highest BCUT2D eigenvalue weighted by molar-refractivity contribution is 6.19. The summed E-state index contributed by atoms with van der Waals surface area (Å²) < 4.78 is 6.70. The van der Waals surface area contributed by atoms with Crippen LogP contribution in [0.5, 0.6) is 0 Å². The molecule has 172 valence electrons. The van der Waals surface area contributed by atoms with Crippen LogP contribution in [0.15, 0.2) is 89.3 Å². The van der Waals surface area contributed by atoms with Crippen LogP contribution in [-0.4, -0.2) is 13.1 Å². The third-order valence-corrected chi connectivity index (χ3v) is 6.99. The van der Waals surface area contributed by atoms with E-state index in [1.807, 2.05) is 36.4 Å². The zero-order valence-electron chi connectivity index (χ0n) is 19.9. The lowest BCUT2D eigenvalue weighted by atomic mass is 9.93. The Kier molecular flexibility index (Phi) is 4.96. The van der Waals surface area contributed by atoms with Crippen molar-refractivity contribution in [3.63, 3.8) is 0 Å². The van der Waals surface area contributed by atoms with E-state index in [2.05, 4.69) is 67.3 Å². The first-order valence-electron chi connectivity index (χ1n) is 12.1. The fourth-order valence-electron chi connectivity index (χ4n) is 5.22. The van der Waals surface area contributed by atoms with E-state index in [4.69, 9.17) is 15.6 Å². The minimum absolute atomic E-state index is 0.491. The lowest BCUT2D eigenvalue weighted by Gasteiger charge is -2.21. The molecule has 4 nitrogen and oxygen atoms in total. The van der Waals surface area contributed by atoms with Gasteiger partial charge in [0.25, 0.3) is 0 Å². The number of hydrogen-bond acceptors (Lipinski definition) is 4. The molecule has 6 rings (SSSR count). The summed E-state index contributed by atoms with van der Waals surface area (Å²) in [6.07, 6.45) is 0. The zero-order valence-corrected chi connectivity index (χ0v) is 19.9. The molecule has 0 spiro atoms. The predicted molar refractivity (Wildman–Crippen MR) is 148 cm³/mol. The minimum atomic E-state index is 0.491. The van der Waals surface area contributed by atoms with E-state index in [0.717, 1.165) is 73.4 Å². The summed E-state index contributed by atoms with van der Waals surface area (Å²) >= 11 is 0. The fraction of sp³-hybridized carbons (Fsp3) is 0.129. The second-order valence-electron chi connectivity index (χ2n) is 9.00. The molecule has 1 aromatic heterocycles. The molecular weight excluding hydrogens is 430 g/mol. The summed E-state index contributed by atoms with van der Waals surface area (Å²) in [5.74, 6) is 0. The molecule has 0 amide bonds. The number of fused-ring (bicyclic) bond motifs is 6. The number of nitrogens with zero attached hydrogens (tertiary/aromatic N) is 1. The van der Waals surface area contributed by atoms with E-state index >= 15 is 0 Å². The number of benzene rings is 5. The van der Waals surface area contributed by atoms with Crippen LogP contribution in [0.4, 0.5) is 11.4 Å². The van der Waals surface area contributed by atoms with Gasteiger partial charge in [0, 0.05) is 51.6 Å². The van der Waals surface area contributed by atoms with E-state index in [1.165, 1.54) is 5.69 Å². The summed E-state index contributed by atoms with van der Waals surface area (Å²) in [5, 5.41) is 14.8. The molecule has 0 aliphatic carbocycles. The summed E-state index contributed by atoms with van der Waals surface area (Å²) in [4.78, 5) is 2.35. The van der Waals surface area contributed by atoms with Crippen LogP contribution in [0.2, 0.25) is 0 Å². The van der Waals surface area contributed by atoms with Gasteiger partial charge in [0.1, 0.15) is 11.2 Å². The number of nitrogen functional groups attached to an aromatic ring is 1. The predicted octanol–water partition coefficient (Wildman–Crippen LogP) is 7.47. The average Bonchev–Trinajstić information content (AvgIpc) is 2.88. The lowest BCUT2D eigenvalue weighted by Crippen LogP contribution is -2.21. The van der Waals surface area contributed by atoms with Crippen molar-refractivity contribution in [1.29, 1.82) is 5.41 Å². The van der Waals surface area contributed by atoms with Crippen molar-refractivity contribution in [2.24, 2.45) is 0 Å². The smallest absolute Gasteiger partial charge is 0.143 e. The summed E-state index contributed by atoms with van der Waals surface area (Å²) in [6.45, 7) is 6.32. The van der Waals surface area contributed by atoms with Crippen LogP contribution in [0.25, 0.3) is 54.6 Å². The van der Waals surface area contributed by atoms with Gasteiger partial charge in [-0.25, -0.2) is 0 Å². The highest BCUT2D eigenvalue weighted by Gasteiger charge is 2.17. The lowest BCUT2D eigenvalue weighted by molar-refractivity contribution is 0.669. The van der Waals surface area contributed by atoms with Crippen LogP contribution in [-0.2, 0) is 0 Å². The van der Waals surface area contributed by atoms with Gasteiger partial charge in [-0.05, 0) is 90.8 Å². The molecule has 0 aliphatic rings. The van der Waals surface area contributed by atoms with Gasteiger partial charge in [0.15, 0.2) is 0 Å². The highest BCUT2D eigenvalue weighted by atomic mass is 16.3. The number of nitrogens with one attached hydrogen (secondary N) is 1. The van der Waals surface area contributed by atoms with Crippen molar-refractivity contribution in [1.82, 2.24) is 0 Å². The fourth-order valence-corrected chi connectivity index (χ4v) is 5.22. The van der Waals surface area contributed by atoms with Crippen LogP contribution in [0.3, 0.4) is 0 Å². The van der Waals surface area contributed by atoms with Crippen molar-refractivity contribution >= 4 is 54.9 Å². The number of nitrogens with two attached hydrogens (primary N) is 1. The summed E-state index contributed by atoms with van der Waals surface area (Å²) in [6, 6.07) is 29.0. The maximum Gasteiger partial charge on any atom is 0.143 e. The van der Waals surface area contributed by atoms with Crippen molar-refractivity contribution in [3.05, 3.63) is 90.3 Å². The van der Waals surface area contributed by atoms with E-state index in [9.17, 15) is 0 Å². The topological polar surface area (TPSA) is 66.2 Å². The monoisotopic (exact) mass is 457 g/mol. The molecule has 0 atom stereocenters. The van der Waals surface area contributed by atoms with Crippen LogP contribution in [0, 0.1) is 5.41 Å². The Morgan fingerprint density at radius 2 is 1.26 bits per heavy atom. The Morgan fingerprint density at radius 3 is 1.89 bits per heavy atom. The van der Waals surface area contributed by atoms with Crippen LogP contribution in [0.1, 0.15) is 13.8 Å². The summed E-state index contributed by atoms with van der Waals surface area (Å²) in [5.41, 5.74) is 12.0. The van der Waals surface area contributed by atoms with Crippen LogP contribution < -0.4 is 16.0 Å². The molecule has 0 unspecified atom stereocenters. The maximum atomic E-state index is 8.06. The van der Waals surface area contributed by atoms with Crippen LogP contribution >= 0.6 is 0 Å². The van der Waals surface area contributed by atoms with Gasteiger partial charge < -0.3 is 20.5 Å². The minimum Gasteiger partial charge on any atom is -0.455 e. The molecule has 6 aromatic rings. The van der Waals surface area contributed by atoms with Gasteiger partial charge >= 0.3 is 0 Å². The van der Waals surface area contributed by atoms with Gasteiger partial charge in [-0.15, -0.1) is 0 Å². The molecule has 35 heavy (non-hydrogen) atoms. The molecule has 3 N–H and O–H groups in total. The molecule has 0 bridgehead atoms. The number of hydrogen-bond donors (Lipinski definition) is 2. The van der Waals surface area contributed by atoms with Crippen molar-refractivity contribution < 1.29 is 4.42 Å². The third-order valence-electron chi connectivity index (χ3n) is 6.99. The Balaban J connectivity index is 1.74. The largest absolute Gasteiger partial charge is 0.455 e. The van der Waals surface area contributed by atoms with E-state index < -0.39 is 0 Å². The van der Waals surface area contributed by atoms with E-state index in [-0.39, 0.29) is 0 Å². The molecule has 0 saturated heterocycles. The molecule has 1 heterocycles. The number of anilines is 2. The highest BCUT2D eigenvalue weighted by Crippen LogP contribution is 2.42. The Morgan fingerprint density at radius 1 is 0.686 bits per heavy atom. The van der Waals surface area contributed by atoms with Gasteiger partial charge in [-0.3, -0.25) is 0 Å². The van der Waals surface area contributed by atoms with Crippen molar-refractivity contribution in [2.75, 3.05) is 23.7 Å². The normalized spacial score (nSPS) is 11.6. The average molecular weight is 458 g/mol. The second kappa shape index (κ2) is 8.17. The molecule has 5 aromatic carbocycles. The van der Waals surface area contributed by atoms with Gasteiger partial charge in [-0.1, -0.05) is 24.3 Å². The molecule has 0 aliphatic heterocycles. The molecular formula is C31H27N3O. The van der Waals surface area contributed by atoms with E-state index in [1.54, 1.807) is 0 Å². The molecule has 4 heteroatoms. The van der Waals surface area contributed by atoms with Gasteiger partial charge in [0.2, 0.25) is 0 Å². The second-order valence-corrected chi connectivity index (χ2v) is 9.00. The SMILES string of the molecule is CCN(CC)c1ccc(-c2c3ccc4cc(N)ccc4c3oc3c2ccc2cc(=N)ccc23)cc1. The molecule has 0 saturated carbocycles. The summed E-state index contributed by atoms with van der Waals surface area (Å²) in [7, 11) is 0. The van der Waals surface area contributed by atoms with Crippen molar-refractivity contribution in [2.45, 2.75) is 13.8 Å². The Bertz CT molecular complexity index is 1800. The first-order valence-corrected chi connectivity index (χ1v) is 12.1. The van der Waals surface area contributed by atoms with Crippen molar-refractivity contribution in [3.8, 4) is 11.1 Å². The maximum absolute atomic E-state index is 8.06. The Hall–Kier alpha value is -4.31. The van der Waals surface area contributed by atoms with E-state index in [0.29, 0.717) is 5.36 Å².